The summed E-state index contributed by atoms with van der Waals surface area (Å²) in [6.45, 7) is 0. The molecule has 1 aliphatic rings. The average Bonchev–Trinajstić information content (AvgIpc) is 3.00. The number of aromatic nitrogens is 2. The number of rotatable bonds is 3. The number of fused-ring (bicyclic) bond motifs is 3. The van der Waals surface area contributed by atoms with Gasteiger partial charge in [-0.1, -0.05) is 24.3 Å². The highest BCUT2D eigenvalue weighted by Crippen LogP contribution is 2.40. The molecule has 0 saturated carbocycles. The lowest BCUT2D eigenvalue weighted by atomic mass is 10.1. The molecule has 0 bridgehead atoms. The van der Waals surface area contributed by atoms with Crippen molar-refractivity contribution in [2.75, 3.05) is 6.26 Å². The highest BCUT2D eigenvalue weighted by atomic mass is 32.2. The minimum atomic E-state index is -3.72. The molecule has 2 aromatic carbocycles. The largest absolute Gasteiger partial charge is 0.476 e. The van der Waals surface area contributed by atoms with E-state index in [0.717, 1.165) is 6.26 Å². The van der Waals surface area contributed by atoms with Crippen molar-refractivity contribution < 1.29 is 26.7 Å². The zero-order valence-electron chi connectivity index (χ0n) is 14.5. The molecule has 1 aromatic heterocycles. The molecule has 10 heteroatoms. The van der Waals surface area contributed by atoms with Crippen molar-refractivity contribution in [3.8, 4) is 16.9 Å². The number of carboxylic acid groups (broad SMARTS) is 1. The van der Waals surface area contributed by atoms with E-state index in [-0.39, 0.29) is 21.0 Å². The summed E-state index contributed by atoms with van der Waals surface area (Å²) in [6.07, 6.45) is 1.06. The van der Waals surface area contributed by atoms with Gasteiger partial charge in [0, 0.05) is 17.4 Å². The van der Waals surface area contributed by atoms with Crippen molar-refractivity contribution in [3.05, 3.63) is 59.8 Å². The first-order valence-electron chi connectivity index (χ1n) is 8.07. The van der Waals surface area contributed by atoms with Crippen LogP contribution in [-0.2, 0) is 25.4 Å². The van der Waals surface area contributed by atoms with E-state index in [9.17, 15) is 26.7 Å². The van der Waals surface area contributed by atoms with Gasteiger partial charge in [0.25, 0.3) is 0 Å². The third-order valence-corrected chi connectivity index (χ3v) is 7.29. The number of carbonyl (C=O) groups is 1. The van der Waals surface area contributed by atoms with Crippen LogP contribution in [-0.4, -0.2) is 43.9 Å². The topological polar surface area (TPSA) is 123 Å². The van der Waals surface area contributed by atoms with Crippen molar-refractivity contribution in [2.45, 2.75) is 15.5 Å². The molecule has 0 aliphatic carbocycles. The highest BCUT2D eigenvalue weighted by Gasteiger charge is 2.35. The normalized spacial score (nSPS) is 14.9. The van der Waals surface area contributed by atoms with Crippen molar-refractivity contribution >= 4 is 25.6 Å². The van der Waals surface area contributed by atoms with Crippen LogP contribution in [0.1, 0.15) is 16.1 Å². The minimum absolute atomic E-state index is 0.0443. The van der Waals surface area contributed by atoms with Gasteiger partial charge in [0.15, 0.2) is 25.4 Å². The summed E-state index contributed by atoms with van der Waals surface area (Å²) in [6, 6.07) is 12.2. The third-order valence-electron chi connectivity index (χ3n) is 4.49. The number of nitrogens with zero attached hydrogens (tertiary/aromatic N) is 2. The first-order chi connectivity index (χ1) is 13.1. The van der Waals surface area contributed by atoms with Crippen LogP contribution in [0, 0.1) is 0 Å². The summed E-state index contributed by atoms with van der Waals surface area (Å²) in [5.74, 6) is -1.85. The standard InChI is InChI=1S/C18H14N2O6S2/c1-27(23,24)12-6-4-5-11(9-12)20-17-13-7-2-3-8-15(13)28(25,26)10-14(17)16(19-20)18(21)22/h2-9H,10H2,1H3,(H,21,22). The summed E-state index contributed by atoms with van der Waals surface area (Å²) in [7, 11) is -7.22. The van der Waals surface area contributed by atoms with E-state index >= 15 is 0 Å². The lowest BCUT2D eigenvalue weighted by molar-refractivity contribution is 0.0689. The van der Waals surface area contributed by atoms with Gasteiger partial charge in [-0.15, -0.1) is 0 Å². The first-order valence-corrected chi connectivity index (χ1v) is 11.6. The van der Waals surface area contributed by atoms with E-state index in [1.807, 2.05) is 0 Å². The molecule has 2 heterocycles. The molecule has 3 aromatic rings. The van der Waals surface area contributed by atoms with E-state index < -0.39 is 31.4 Å². The Morgan fingerprint density at radius 3 is 2.54 bits per heavy atom. The van der Waals surface area contributed by atoms with E-state index in [1.54, 1.807) is 24.3 Å². The van der Waals surface area contributed by atoms with Crippen molar-refractivity contribution in [2.24, 2.45) is 0 Å². The van der Waals surface area contributed by atoms with Gasteiger partial charge in [0.1, 0.15) is 0 Å². The fraction of sp³-hybridized carbons (Fsp3) is 0.111. The van der Waals surface area contributed by atoms with Crippen LogP contribution in [0.3, 0.4) is 0 Å². The summed E-state index contributed by atoms with van der Waals surface area (Å²) < 4.78 is 50.4. The van der Waals surface area contributed by atoms with E-state index in [0.29, 0.717) is 16.9 Å². The van der Waals surface area contributed by atoms with Crippen LogP contribution in [0.25, 0.3) is 16.9 Å². The Bertz CT molecular complexity index is 1350. The lowest BCUT2D eigenvalue weighted by Crippen LogP contribution is -2.15. The molecule has 8 nitrogen and oxygen atoms in total. The molecular weight excluding hydrogens is 404 g/mol. The van der Waals surface area contributed by atoms with Gasteiger partial charge in [-0.2, -0.15) is 5.10 Å². The van der Waals surface area contributed by atoms with Gasteiger partial charge < -0.3 is 5.11 Å². The molecule has 1 N–H and O–H groups in total. The predicted octanol–water partition coefficient (Wildman–Crippen LogP) is 1.93. The molecule has 0 radical (unpaired) electrons. The fourth-order valence-corrected chi connectivity index (χ4v) is 5.52. The monoisotopic (exact) mass is 418 g/mol. The average molecular weight is 418 g/mol. The zero-order chi connectivity index (χ0) is 20.3. The van der Waals surface area contributed by atoms with Crippen LogP contribution in [0.2, 0.25) is 0 Å². The van der Waals surface area contributed by atoms with Crippen LogP contribution in [0.4, 0.5) is 0 Å². The Morgan fingerprint density at radius 1 is 1.14 bits per heavy atom. The Kier molecular flexibility index (Phi) is 3.95. The summed E-state index contributed by atoms with van der Waals surface area (Å²) in [4.78, 5) is 11.8. The second kappa shape index (κ2) is 6.01. The molecule has 28 heavy (non-hydrogen) atoms. The lowest BCUT2D eigenvalue weighted by Gasteiger charge is -2.19. The van der Waals surface area contributed by atoms with Crippen LogP contribution < -0.4 is 0 Å². The Labute approximate surface area is 160 Å². The summed E-state index contributed by atoms with van der Waals surface area (Å²) >= 11 is 0. The van der Waals surface area contributed by atoms with Crippen LogP contribution in [0.15, 0.2) is 58.3 Å². The molecule has 0 saturated heterocycles. The van der Waals surface area contributed by atoms with Crippen molar-refractivity contribution in [1.29, 1.82) is 0 Å². The van der Waals surface area contributed by atoms with Gasteiger partial charge in [0.05, 0.1) is 26.9 Å². The Morgan fingerprint density at radius 2 is 1.86 bits per heavy atom. The van der Waals surface area contributed by atoms with Gasteiger partial charge in [-0.25, -0.2) is 26.3 Å². The fourth-order valence-electron chi connectivity index (χ4n) is 3.27. The van der Waals surface area contributed by atoms with E-state index in [4.69, 9.17) is 0 Å². The molecule has 1 aliphatic heterocycles. The molecule has 0 amide bonds. The minimum Gasteiger partial charge on any atom is -0.476 e. The van der Waals surface area contributed by atoms with Gasteiger partial charge in [-0.3, -0.25) is 0 Å². The Hall–Kier alpha value is -2.98. The van der Waals surface area contributed by atoms with Gasteiger partial charge in [0.2, 0.25) is 0 Å². The molecule has 0 unspecified atom stereocenters. The SMILES string of the molecule is CS(=O)(=O)c1cccc(-n2nc(C(=O)O)c3c2-c2ccccc2S(=O)(=O)C3)c1. The van der Waals surface area contributed by atoms with Crippen LogP contribution >= 0.6 is 0 Å². The highest BCUT2D eigenvalue weighted by molar-refractivity contribution is 7.91. The second-order valence-electron chi connectivity index (χ2n) is 6.42. The van der Waals surface area contributed by atoms with Crippen LogP contribution in [0.5, 0.6) is 0 Å². The molecule has 144 valence electrons. The number of hydrogen-bond donors (Lipinski definition) is 1. The smallest absolute Gasteiger partial charge is 0.356 e. The predicted molar refractivity (Wildman–Crippen MR) is 100.0 cm³/mol. The summed E-state index contributed by atoms with van der Waals surface area (Å²) in [5.41, 5.74) is 0.677. The van der Waals surface area contributed by atoms with Crippen molar-refractivity contribution in [1.82, 2.24) is 9.78 Å². The molecule has 0 fully saturated rings. The Balaban J connectivity index is 2.08. The van der Waals surface area contributed by atoms with E-state index in [1.165, 1.54) is 28.9 Å². The maximum absolute atomic E-state index is 12.6. The van der Waals surface area contributed by atoms with Gasteiger partial charge >= 0.3 is 5.97 Å². The van der Waals surface area contributed by atoms with Gasteiger partial charge in [-0.05, 0) is 24.3 Å². The number of hydrogen-bond acceptors (Lipinski definition) is 6. The first kappa shape index (κ1) is 18.4. The quantitative estimate of drug-likeness (QED) is 0.689. The second-order valence-corrected chi connectivity index (χ2v) is 10.4. The van der Waals surface area contributed by atoms with E-state index in [2.05, 4.69) is 5.10 Å². The number of aromatic carboxylic acids is 1. The van der Waals surface area contributed by atoms with Crippen molar-refractivity contribution in [3.63, 3.8) is 0 Å². The molecule has 0 atom stereocenters. The summed E-state index contributed by atoms with van der Waals surface area (Å²) in [5, 5.41) is 13.6. The number of carboxylic acids is 1. The molecule has 4 rings (SSSR count). The third kappa shape index (κ3) is 2.81. The molecular formula is C18H14N2O6S2. The zero-order valence-corrected chi connectivity index (χ0v) is 16.2. The maximum Gasteiger partial charge on any atom is 0.356 e. The number of sulfone groups is 2. The molecule has 0 spiro atoms. The number of benzene rings is 2. The maximum atomic E-state index is 12.6.